The number of hydrogen-bond acceptors (Lipinski definition) is 5. The highest BCUT2D eigenvalue weighted by Crippen LogP contribution is 2.29. The Hall–Kier alpha value is -2.96. The van der Waals surface area contributed by atoms with Crippen LogP contribution in [0.2, 0.25) is 0 Å². The Balaban J connectivity index is 1.53. The van der Waals surface area contributed by atoms with E-state index in [0.717, 1.165) is 31.4 Å². The lowest BCUT2D eigenvalue weighted by atomic mass is 9.95. The maximum absolute atomic E-state index is 12.4. The first-order valence-electron chi connectivity index (χ1n) is 8.82. The second-order valence-corrected chi connectivity index (χ2v) is 6.74. The highest BCUT2D eigenvalue weighted by Gasteiger charge is 2.39. The molecule has 0 bridgehead atoms. The van der Waals surface area contributed by atoms with Gasteiger partial charge in [-0.25, -0.2) is 4.79 Å². The summed E-state index contributed by atoms with van der Waals surface area (Å²) in [5, 5.41) is 4.88. The fourth-order valence-electron chi connectivity index (χ4n) is 3.66. The fourth-order valence-corrected chi connectivity index (χ4v) is 3.66. The van der Waals surface area contributed by atoms with Crippen molar-refractivity contribution in [2.75, 3.05) is 0 Å². The Kier molecular flexibility index (Phi) is 4.06. The van der Waals surface area contributed by atoms with Crippen molar-refractivity contribution in [3.8, 4) is 0 Å². The number of aromatic nitrogens is 2. The van der Waals surface area contributed by atoms with Gasteiger partial charge in [0.15, 0.2) is 5.69 Å². The van der Waals surface area contributed by atoms with Crippen LogP contribution in [-0.4, -0.2) is 32.6 Å². The molecular weight excluding hydrogens is 334 g/mol. The minimum atomic E-state index is -0.808. The fraction of sp³-hybridized carbons (Fsp3) is 0.368. The number of hydroxylamine groups is 2. The number of aryl methyl sites for hydroxylation is 1. The molecule has 4 rings (SSSR count). The van der Waals surface area contributed by atoms with E-state index in [2.05, 4.69) is 5.10 Å². The van der Waals surface area contributed by atoms with E-state index in [1.165, 1.54) is 18.6 Å². The molecule has 1 aliphatic carbocycles. The molecule has 2 aliphatic rings. The molecule has 0 unspecified atom stereocenters. The highest BCUT2D eigenvalue weighted by atomic mass is 16.7. The Morgan fingerprint density at radius 2 is 1.69 bits per heavy atom. The van der Waals surface area contributed by atoms with Crippen LogP contribution in [0.25, 0.3) is 0 Å². The Bertz CT molecular complexity index is 861. The lowest BCUT2D eigenvalue weighted by Crippen LogP contribution is -2.32. The number of fused-ring (bicyclic) bond motifs is 1. The third-order valence-corrected chi connectivity index (χ3v) is 4.98. The third-order valence-electron chi connectivity index (χ3n) is 4.98. The average Bonchev–Trinajstić information content (AvgIpc) is 3.17. The van der Waals surface area contributed by atoms with Crippen LogP contribution >= 0.6 is 0 Å². The van der Waals surface area contributed by atoms with Gasteiger partial charge in [0.05, 0.1) is 17.2 Å². The summed E-state index contributed by atoms with van der Waals surface area (Å²) >= 11 is 0. The number of benzene rings is 1. The molecule has 2 amide bonds. The standard InChI is InChI=1S/C19H19N3O4/c1-12-11-16(20-21(12)13-7-3-2-4-8-13)19(25)26-22-17(23)14-9-5-6-10-15(14)18(22)24/h5-6,9-11,13H,2-4,7-8H2,1H3. The molecule has 0 N–H and O–H groups in total. The second-order valence-electron chi connectivity index (χ2n) is 6.74. The topological polar surface area (TPSA) is 81.5 Å². The van der Waals surface area contributed by atoms with Gasteiger partial charge in [-0.3, -0.25) is 14.3 Å². The quantitative estimate of drug-likeness (QED) is 0.792. The number of nitrogens with zero attached hydrogens (tertiary/aromatic N) is 3. The van der Waals surface area contributed by atoms with Gasteiger partial charge < -0.3 is 4.84 Å². The molecule has 1 fully saturated rings. The summed E-state index contributed by atoms with van der Waals surface area (Å²) in [5.74, 6) is -2.08. The smallest absolute Gasteiger partial charge is 0.322 e. The van der Waals surface area contributed by atoms with Crippen LogP contribution < -0.4 is 0 Å². The zero-order valence-electron chi connectivity index (χ0n) is 14.5. The lowest BCUT2D eigenvalue weighted by molar-refractivity contribution is -0.0589. The predicted molar refractivity (Wildman–Crippen MR) is 91.4 cm³/mol. The molecule has 1 aromatic carbocycles. The van der Waals surface area contributed by atoms with Gasteiger partial charge in [0.1, 0.15) is 0 Å². The van der Waals surface area contributed by atoms with E-state index in [4.69, 9.17) is 4.84 Å². The van der Waals surface area contributed by atoms with Crippen molar-refractivity contribution < 1.29 is 19.2 Å². The van der Waals surface area contributed by atoms with E-state index in [9.17, 15) is 14.4 Å². The van der Waals surface area contributed by atoms with Gasteiger partial charge in [0.25, 0.3) is 11.8 Å². The molecule has 2 aromatic rings. The summed E-state index contributed by atoms with van der Waals surface area (Å²) in [6.45, 7) is 1.89. The van der Waals surface area contributed by atoms with Gasteiger partial charge in [0.2, 0.25) is 0 Å². The number of imide groups is 1. The van der Waals surface area contributed by atoms with Crippen molar-refractivity contribution in [3.05, 3.63) is 52.8 Å². The average molecular weight is 353 g/mol. The minimum absolute atomic E-state index is 0.102. The predicted octanol–water partition coefficient (Wildman–Crippen LogP) is 3.06. The molecule has 1 aliphatic heterocycles. The van der Waals surface area contributed by atoms with E-state index in [0.29, 0.717) is 5.06 Å². The lowest BCUT2D eigenvalue weighted by Gasteiger charge is -2.23. The maximum atomic E-state index is 12.4. The molecule has 2 heterocycles. The van der Waals surface area contributed by atoms with E-state index in [1.54, 1.807) is 18.2 Å². The number of hydrogen-bond donors (Lipinski definition) is 0. The van der Waals surface area contributed by atoms with Gasteiger partial charge >= 0.3 is 5.97 Å². The molecule has 26 heavy (non-hydrogen) atoms. The molecule has 7 heteroatoms. The molecule has 1 aromatic heterocycles. The van der Waals surface area contributed by atoms with E-state index in [1.807, 2.05) is 11.6 Å². The van der Waals surface area contributed by atoms with E-state index < -0.39 is 17.8 Å². The molecule has 0 spiro atoms. The zero-order valence-corrected chi connectivity index (χ0v) is 14.5. The summed E-state index contributed by atoms with van der Waals surface area (Å²) in [6, 6.07) is 8.30. The van der Waals surface area contributed by atoms with Crippen molar-refractivity contribution in [1.82, 2.24) is 14.8 Å². The SMILES string of the molecule is Cc1cc(C(=O)ON2C(=O)c3ccccc3C2=O)nn1C1CCCCC1. The first-order chi connectivity index (χ1) is 12.6. The van der Waals surface area contributed by atoms with Crippen molar-refractivity contribution in [2.24, 2.45) is 0 Å². The maximum Gasteiger partial charge on any atom is 0.384 e. The molecule has 0 saturated heterocycles. The molecule has 0 radical (unpaired) electrons. The van der Waals surface area contributed by atoms with Crippen LogP contribution in [0.1, 0.15) is 75.0 Å². The molecule has 134 valence electrons. The Labute approximate surface area is 150 Å². The number of carbonyl (C=O) groups is 3. The van der Waals surface area contributed by atoms with Gasteiger partial charge in [-0.1, -0.05) is 36.5 Å². The van der Waals surface area contributed by atoms with Crippen LogP contribution in [-0.2, 0) is 4.84 Å². The third kappa shape index (κ3) is 2.69. The summed E-state index contributed by atoms with van der Waals surface area (Å²) in [4.78, 5) is 42.1. The molecule has 1 saturated carbocycles. The molecule has 7 nitrogen and oxygen atoms in total. The van der Waals surface area contributed by atoms with E-state index in [-0.39, 0.29) is 22.9 Å². The zero-order chi connectivity index (χ0) is 18.3. The van der Waals surface area contributed by atoms with Gasteiger partial charge in [-0.05, 0) is 38.0 Å². The van der Waals surface area contributed by atoms with Gasteiger partial charge in [0, 0.05) is 5.69 Å². The van der Waals surface area contributed by atoms with Crippen molar-refractivity contribution >= 4 is 17.8 Å². The highest BCUT2D eigenvalue weighted by molar-refractivity contribution is 6.21. The number of amides is 2. The first-order valence-corrected chi connectivity index (χ1v) is 8.82. The van der Waals surface area contributed by atoms with Crippen LogP contribution in [0.3, 0.4) is 0 Å². The number of carbonyl (C=O) groups excluding carboxylic acids is 3. The largest absolute Gasteiger partial charge is 0.384 e. The number of rotatable bonds is 3. The van der Waals surface area contributed by atoms with Gasteiger partial charge in [-0.2, -0.15) is 5.10 Å². The second kappa shape index (κ2) is 6.40. The van der Waals surface area contributed by atoms with Crippen LogP contribution in [0.15, 0.2) is 30.3 Å². The Morgan fingerprint density at radius 3 is 2.31 bits per heavy atom. The minimum Gasteiger partial charge on any atom is -0.322 e. The normalized spacial score (nSPS) is 17.5. The molecule has 0 atom stereocenters. The molecular formula is C19H19N3O4. The monoisotopic (exact) mass is 353 g/mol. The van der Waals surface area contributed by atoms with Gasteiger partial charge in [-0.15, -0.1) is 0 Å². The Morgan fingerprint density at radius 1 is 1.08 bits per heavy atom. The van der Waals surface area contributed by atoms with Crippen molar-refractivity contribution in [2.45, 2.75) is 45.1 Å². The summed E-state index contributed by atoms with van der Waals surface area (Å²) in [6.07, 6.45) is 5.61. The van der Waals surface area contributed by atoms with Crippen LogP contribution in [0.5, 0.6) is 0 Å². The summed E-state index contributed by atoms with van der Waals surface area (Å²) < 4.78 is 1.86. The summed E-state index contributed by atoms with van der Waals surface area (Å²) in [7, 11) is 0. The van der Waals surface area contributed by atoms with Crippen LogP contribution in [0.4, 0.5) is 0 Å². The van der Waals surface area contributed by atoms with Crippen LogP contribution in [0, 0.1) is 6.92 Å². The van der Waals surface area contributed by atoms with E-state index >= 15 is 0 Å². The first kappa shape index (κ1) is 16.5. The summed E-state index contributed by atoms with van der Waals surface area (Å²) in [5.41, 5.74) is 1.43. The van der Waals surface area contributed by atoms with Crippen molar-refractivity contribution in [1.29, 1.82) is 0 Å². The van der Waals surface area contributed by atoms with Crippen molar-refractivity contribution in [3.63, 3.8) is 0 Å².